The van der Waals surface area contributed by atoms with Crippen molar-refractivity contribution >= 4 is 29.9 Å². The van der Waals surface area contributed by atoms with Crippen molar-refractivity contribution < 1.29 is 4.79 Å². The molecule has 1 amide bonds. The maximum atomic E-state index is 12.1. The van der Waals surface area contributed by atoms with Crippen molar-refractivity contribution in [3.05, 3.63) is 34.9 Å². The van der Waals surface area contributed by atoms with E-state index in [1.165, 1.54) is 0 Å². The molecular weight excluding hydrogens is 283 g/mol. The van der Waals surface area contributed by atoms with Gasteiger partial charge in [0.05, 0.1) is 6.04 Å². The maximum absolute atomic E-state index is 12.1. The number of benzene rings is 1. The second-order valence-electron chi connectivity index (χ2n) is 4.74. The van der Waals surface area contributed by atoms with E-state index in [1.54, 1.807) is 11.9 Å². The van der Waals surface area contributed by atoms with Crippen molar-refractivity contribution in [2.24, 2.45) is 11.7 Å². The summed E-state index contributed by atoms with van der Waals surface area (Å²) in [7, 11) is 1.77. The van der Waals surface area contributed by atoms with Crippen LogP contribution < -0.4 is 5.73 Å². The molecule has 0 heterocycles. The topological polar surface area (TPSA) is 46.3 Å². The van der Waals surface area contributed by atoms with E-state index in [0.29, 0.717) is 11.6 Å². The summed E-state index contributed by atoms with van der Waals surface area (Å²) >= 11 is 5.92. The summed E-state index contributed by atoms with van der Waals surface area (Å²) in [6.45, 7) is 4.56. The first-order valence-corrected chi connectivity index (χ1v) is 6.58. The minimum atomic E-state index is -0.431. The van der Waals surface area contributed by atoms with Crippen LogP contribution in [0.4, 0.5) is 0 Å². The monoisotopic (exact) mass is 304 g/mol. The summed E-state index contributed by atoms with van der Waals surface area (Å²) in [6, 6.07) is 7.08. The number of halogens is 2. The predicted molar refractivity (Wildman–Crippen MR) is 82.6 cm³/mol. The van der Waals surface area contributed by atoms with Gasteiger partial charge in [0.1, 0.15) is 0 Å². The molecule has 108 valence electrons. The molecule has 0 aromatic heterocycles. The van der Waals surface area contributed by atoms with Crippen molar-refractivity contribution in [3.8, 4) is 0 Å². The lowest BCUT2D eigenvalue weighted by molar-refractivity contribution is -0.132. The Labute approximate surface area is 126 Å². The number of hydrogen-bond acceptors (Lipinski definition) is 2. The molecular formula is C14H22Cl2N2O. The molecule has 2 N–H and O–H groups in total. The predicted octanol–water partition coefficient (Wildman–Crippen LogP) is 3.09. The lowest BCUT2D eigenvalue weighted by atomic mass is 9.99. The summed E-state index contributed by atoms with van der Waals surface area (Å²) in [5.41, 5.74) is 6.95. The molecule has 2 atom stereocenters. The quantitative estimate of drug-likeness (QED) is 0.908. The van der Waals surface area contributed by atoms with Crippen molar-refractivity contribution in [2.45, 2.75) is 32.9 Å². The molecule has 2 unspecified atom stereocenters. The van der Waals surface area contributed by atoms with Gasteiger partial charge < -0.3 is 10.6 Å². The summed E-state index contributed by atoms with van der Waals surface area (Å²) in [6.07, 6.45) is 0.901. The number of carbonyl (C=O) groups excluding carboxylic acids is 1. The number of carbonyl (C=O) groups is 1. The lowest BCUT2D eigenvalue weighted by Crippen LogP contribution is -2.45. The van der Waals surface area contributed by atoms with Gasteiger partial charge in [-0.1, -0.05) is 44.0 Å². The van der Waals surface area contributed by atoms with Crippen molar-refractivity contribution in [3.63, 3.8) is 0 Å². The summed E-state index contributed by atoms with van der Waals surface area (Å²) < 4.78 is 0. The molecule has 0 radical (unpaired) electrons. The van der Waals surface area contributed by atoms with E-state index in [0.717, 1.165) is 12.0 Å². The SMILES string of the molecule is CCC(C)C(N)C(=O)N(C)Cc1cccc(Cl)c1.Cl. The summed E-state index contributed by atoms with van der Waals surface area (Å²) in [4.78, 5) is 13.8. The number of hydrogen-bond donors (Lipinski definition) is 1. The van der Waals surface area contributed by atoms with E-state index in [-0.39, 0.29) is 24.2 Å². The van der Waals surface area contributed by atoms with Crippen LogP contribution in [-0.2, 0) is 11.3 Å². The molecule has 0 aliphatic heterocycles. The van der Waals surface area contributed by atoms with E-state index in [4.69, 9.17) is 17.3 Å². The van der Waals surface area contributed by atoms with Gasteiger partial charge in [0.15, 0.2) is 0 Å². The highest BCUT2D eigenvalue weighted by Gasteiger charge is 2.22. The number of rotatable bonds is 5. The van der Waals surface area contributed by atoms with Crippen LogP contribution in [0.3, 0.4) is 0 Å². The third kappa shape index (κ3) is 5.39. The first kappa shape index (κ1) is 18.2. The highest BCUT2D eigenvalue weighted by Crippen LogP contribution is 2.14. The molecule has 0 bridgehead atoms. The van der Waals surface area contributed by atoms with Gasteiger partial charge in [-0.25, -0.2) is 0 Å². The maximum Gasteiger partial charge on any atom is 0.239 e. The fourth-order valence-electron chi connectivity index (χ4n) is 1.74. The second kappa shape index (κ2) is 8.41. The van der Waals surface area contributed by atoms with Crippen LogP contribution in [0.2, 0.25) is 5.02 Å². The largest absolute Gasteiger partial charge is 0.340 e. The molecule has 0 spiro atoms. The van der Waals surface area contributed by atoms with Gasteiger partial charge in [-0.05, 0) is 23.6 Å². The number of nitrogens with two attached hydrogens (primary N) is 1. The van der Waals surface area contributed by atoms with Crippen LogP contribution >= 0.6 is 24.0 Å². The van der Waals surface area contributed by atoms with Crippen LogP contribution in [0.15, 0.2) is 24.3 Å². The zero-order valence-electron chi connectivity index (χ0n) is 11.6. The minimum Gasteiger partial charge on any atom is -0.340 e. The van der Waals surface area contributed by atoms with Gasteiger partial charge in [0.25, 0.3) is 0 Å². The fraction of sp³-hybridized carbons (Fsp3) is 0.500. The molecule has 1 aromatic carbocycles. The van der Waals surface area contributed by atoms with Gasteiger partial charge in [0.2, 0.25) is 5.91 Å². The number of nitrogens with zero attached hydrogens (tertiary/aromatic N) is 1. The molecule has 0 aliphatic carbocycles. The first-order chi connectivity index (χ1) is 8.45. The van der Waals surface area contributed by atoms with E-state index in [2.05, 4.69) is 0 Å². The van der Waals surface area contributed by atoms with Gasteiger partial charge in [-0.15, -0.1) is 12.4 Å². The molecule has 3 nitrogen and oxygen atoms in total. The van der Waals surface area contributed by atoms with E-state index < -0.39 is 6.04 Å². The Morgan fingerprint density at radius 1 is 1.47 bits per heavy atom. The van der Waals surface area contributed by atoms with Gasteiger partial charge in [-0.2, -0.15) is 0 Å². The Morgan fingerprint density at radius 2 is 2.11 bits per heavy atom. The first-order valence-electron chi connectivity index (χ1n) is 6.20. The van der Waals surface area contributed by atoms with Gasteiger partial charge in [-0.3, -0.25) is 4.79 Å². The van der Waals surface area contributed by atoms with Gasteiger partial charge in [0, 0.05) is 18.6 Å². The zero-order valence-corrected chi connectivity index (χ0v) is 13.2. The van der Waals surface area contributed by atoms with E-state index in [9.17, 15) is 4.79 Å². The van der Waals surface area contributed by atoms with Crippen LogP contribution in [0.1, 0.15) is 25.8 Å². The van der Waals surface area contributed by atoms with E-state index in [1.807, 2.05) is 38.1 Å². The minimum absolute atomic E-state index is 0. The third-order valence-electron chi connectivity index (χ3n) is 3.23. The Bertz CT molecular complexity index is 412. The van der Waals surface area contributed by atoms with E-state index >= 15 is 0 Å². The normalized spacial score (nSPS) is 13.3. The molecule has 0 saturated heterocycles. The highest BCUT2D eigenvalue weighted by atomic mass is 35.5. The average molecular weight is 305 g/mol. The molecule has 0 saturated carbocycles. The standard InChI is InChI=1S/C14H21ClN2O.ClH/c1-4-10(2)13(16)14(18)17(3)9-11-6-5-7-12(15)8-11;/h5-8,10,13H,4,9,16H2,1-3H3;1H. The summed E-state index contributed by atoms with van der Waals surface area (Å²) in [5, 5.41) is 0.680. The molecule has 0 aliphatic rings. The summed E-state index contributed by atoms with van der Waals surface area (Å²) in [5.74, 6) is 0.170. The molecule has 1 aromatic rings. The van der Waals surface area contributed by atoms with Crippen molar-refractivity contribution in [1.29, 1.82) is 0 Å². The second-order valence-corrected chi connectivity index (χ2v) is 5.17. The van der Waals surface area contributed by atoms with Crippen LogP contribution in [0.25, 0.3) is 0 Å². The molecule has 0 fully saturated rings. The highest BCUT2D eigenvalue weighted by molar-refractivity contribution is 6.30. The molecule has 19 heavy (non-hydrogen) atoms. The Kier molecular flexibility index (Phi) is 8.07. The van der Waals surface area contributed by atoms with Crippen LogP contribution in [0, 0.1) is 5.92 Å². The van der Waals surface area contributed by atoms with Gasteiger partial charge >= 0.3 is 0 Å². The molecule has 5 heteroatoms. The Hall–Kier alpha value is -0.770. The Morgan fingerprint density at radius 3 is 2.63 bits per heavy atom. The lowest BCUT2D eigenvalue weighted by Gasteiger charge is -2.24. The smallest absolute Gasteiger partial charge is 0.239 e. The van der Waals surface area contributed by atoms with Crippen LogP contribution in [0.5, 0.6) is 0 Å². The fourth-order valence-corrected chi connectivity index (χ4v) is 1.95. The number of likely N-dealkylation sites (N-methyl/N-ethyl adjacent to an activating group) is 1. The molecule has 1 rings (SSSR count). The van der Waals surface area contributed by atoms with Crippen molar-refractivity contribution in [1.82, 2.24) is 4.90 Å². The Balaban J connectivity index is 0.00000324. The third-order valence-corrected chi connectivity index (χ3v) is 3.46. The zero-order chi connectivity index (χ0) is 13.7. The van der Waals surface area contributed by atoms with Crippen molar-refractivity contribution in [2.75, 3.05) is 7.05 Å². The van der Waals surface area contributed by atoms with Crippen LogP contribution in [-0.4, -0.2) is 23.9 Å². The number of amides is 1. The average Bonchev–Trinajstić information content (AvgIpc) is 2.36.